The van der Waals surface area contributed by atoms with Crippen LogP contribution in [0.15, 0.2) is 25.3 Å². The van der Waals surface area contributed by atoms with Crippen LogP contribution in [0.4, 0.5) is 4.79 Å². The lowest BCUT2D eigenvalue weighted by molar-refractivity contribution is -0.139. The number of rotatable bonds is 9. The minimum absolute atomic E-state index is 0.216. The smallest absolute Gasteiger partial charge is 0.326 e. The van der Waals surface area contributed by atoms with E-state index in [0.29, 0.717) is 13.1 Å². The maximum absolute atomic E-state index is 11.8. The van der Waals surface area contributed by atoms with Crippen LogP contribution in [-0.2, 0) is 9.53 Å². The van der Waals surface area contributed by atoms with Gasteiger partial charge in [0, 0.05) is 33.2 Å². The van der Waals surface area contributed by atoms with Gasteiger partial charge in [-0.15, -0.1) is 13.2 Å². The van der Waals surface area contributed by atoms with E-state index in [1.54, 1.807) is 12.2 Å². The summed E-state index contributed by atoms with van der Waals surface area (Å²) in [7, 11) is 1.47. The summed E-state index contributed by atoms with van der Waals surface area (Å²) >= 11 is 0. The number of aliphatic carboxylic acids is 1. The predicted molar refractivity (Wildman–Crippen MR) is 68.4 cm³/mol. The fourth-order valence-electron chi connectivity index (χ4n) is 1.29. The molecule has 2 N–H and O–H groups in total. The van der Waals surface area contributed by atoms with Crippen LogP contribution in [-0.4, -0.2) is 54.9 Å². The van der Waals surface area contributed by atoms with E-state index in [9.17, 15) is 9.59 Å². The van der Waals surface area contributed by atoms with Crippen molar-refractivity contribution in [1.29, 1.82) is 0 Å². The van der Waals surface area contributed by atoms with Gasteiger partial charge >= 0.3 is 12.0 Å². The molecule has 0 aliphatic carbocycles. The Morgan fingerprint density at radius 1 is 1.39 bits per heavy atom. The summed E-state index contributed by atoms with van der Waals surface area (Å²) in [5, 5.41) is 11.4. The summed E-state index contributed by atoms with van der Waals surface area (Å²) in [6.07, 6.45) is 3.34. The lowest BCUT2D eigenvalue weighted by Gasteiger charge is -2.22. The molecule has 0 spiro atoms. The van der Waals surface area contributed by atoms with Crippen LogP contribution in [0.25, 0.3) is 0 Å². The molecule has 0 heterocycles. The zero-order chi connectivity index (χ0) is 14.0. The molecular formula is C12H20N2O4. The van der Waals surface area contributed by atoms with Gasteiger partial charge in [-0.25, -0.2) is 9.59 Å². The van der Waals surface area contributed by atoms with Crippen LogP contribution in [0, 0.1) is 0 Å². The molecule has 0 aliphatic rings. The maximum Gasteiger partial charge on any atom is 0.326 e. The number of carboxylic acid groups (broad SMARTS) is 1. The van der Waals surface area contributed by atoms with Gasteiger partial charge in [-0.2, -0.15) is 0 Å². The topological polar surface area (TPSA) is 78.9 Å². The van der Waals surface area contributed by atoms with Gasteiger partial charge in [-0.05, 0) is 0 Å². The second-order valence-corrected chi connectivity index (χ2v) is 3.60. The van der Waals surface area contributed by atoms with Gasteiger partial charge in [0.15, 0.2) is 0 Å². The third-order valence-corrected chi connectivity index (χ3v) is 2.19. The van der Waals surface area contributed by atoms with E-state index in [2.05, 4.69) is 18.5 Å². The summed E-state index contributed by atoms with van der Waals surface area (Å²) in [6.45, 7) is 7.99. The monoisotopic (exact) mass is 256 g/mol. The van der Waals surface area contributed by atoms with Crippen LogP contribution >= 0.6 is 0 Å². The van der Waals surface area contributed by atoms with Crippen molar-refractivity contribution in [2.24, 2.45) is 0 Å². The quantitative estimate of drug-likeness (QED) is 0.600. The van der Waals surface area contributed by atoms with E-state index in [-0.39, 0.29) is 13.0 Å². The minimum atomic E-state index is -1.09. The summed E-state index contributed by atoms with van der Waals surface area (Å²) in [6, 6.07) is -1.42. The Morgan fingerprint density at radius 3 is 2.33 bits per heavy atom. The zero-order valence-electron chi connectivity index (χ0n) is 10.6. The lowest BCUT2D eigenvalue weighted by Crippen LogP contribution is -2.48. The minimum Gasteiger partial charge on any atom is -0.480 e. The molecule has 0 aromatic rings. The molecule has 0 aromatic carbocycles. The van der Waals surface area contributed by atoms with Gasteiger partial charge in [0.2, 0.25) is 0 Å². The Kier molecular flexibility index (Phi) is 8.30. The van der Waals surface area contributed by atoms with Crippen molar-refractivity contribution in [3.8, 4) is 0 Å². The molecule has 18 heavy (non-hydrogen) atoms. The number of carboxylic acids is 1. The Hall–Kier alpha value is -1.82. The van der Waals surface area contributed by atoms with Crippen LogP contribution in [0.2, 0.25) is 0 Å². The number of methoxy groups -OCH3 is 1. The first-order valence-electron chi connectivity index (χ1n) is 5.55. The van der Waals surface area contributed by atoms with Crippen LogP contribution in [0.3, 0.4) is 0 Å². The van der Waals surface area contributed by atoms with Gasteiger partial charge in [0.1, 0.15) is 6.04 Å². The normalized spacial score (nSPS) is 11.4. The molecule has 2 amide bonds. The van der Waals surface area contributed by atoms with E-state index in [1.165, 1.54) is 12.0 Å². The number of carbonyl (C=O) groups excluding carboxylic acids is 1. The molecule has 6 heteroatoms. The van der Waals surface area contributed by atoms with Gasteiger partial charge in [0.25, 0.3) is 0 Å². The second-order valence-electron chi connectivity index (χ2n) is 3.60. The van der Waals surface area contributed by atoms with Crippen molar-refractivity contribution in [2.45, 2.75) is 12.5 Å². The highest BCUT2D eigenvalue weighted by Crippen LogP contribution is 1.97. The Bertz CT molecular complexity index is 294. The van der Waals surface area contributed by atoms with Gasteiger partial charge in [-0.3, -0.25) is 0 Å². The molecule has 0 saturated carbocycles. The number of urea groups is 1. The summed E-state index contributed by atoms with van der Waals surface area (Å²) < 4.78 is 4.80. The number of nitrogens with zero attached hydrogens (tertiary/aromatic N) is 1. The molecule has 0 bridgehead atoms. The van der Waals surface area contributed by atoms with Crippen molar-refractivity contribution in [3.63, 3.8) is 0 Å². The maximum atomic E-state index is 11.8. The number of nitrogens with one attached hydrogen (secondary N) is 1. The Morgan fingerprint density at radius 2 is 1.94 bits per heavy atom. The second kappa shape index (κ2) is 9.23. The first-order chi connectivity index (χ1) is 8.56. The molecule has 0 saturated heterocycles. The van der Waals surface area contributed by atoms with Crippen molar-refractivity contribution in [2.75, 3.05) is 26.8 Å². The Labute approximate surface area is 107 Å². The van der Waals surface area contributed by atoms with Crippen LogP contribution in [0.5, 0.6) is 0 Å². The number of hydrogen-bond acceptors (Lipinski definition) is 3. The molecule has 102 valence electrons. The number of amides is 2. The highest BCUT2D eigenvalue weighted by Gasteiger charge is 2.21. The molecule has 0 aliphatic heterocycles. The molecule has 0 aromatic heterocycles. The SMILES string of the molecule is C=CCN(CC=C)C(=O)NC(CCOC)C(=O)O. The molecule has 0 radical (unpaired) electrons. The standard InChI is InChI=1S/C12H20N2O4/c1-4-7-14(8-5-2)12(17)13-10(11(15)16)6-9-18-3/h4-5,10H,1-2,6-9H2,3H3,(H,13,17)(H,15,16). The third kappa shape index (κ3) is 6.05. The number of carbonyl (C=O) groups is 2. The molecule has 1 unspecified atom stereocenters. The molecule has 0 fully saturated rings. The third-order valence-electron chi connectivity index (χ3n) is 2.19. The van der Waals surface area contributed by atoms with E-state index < -0.39 is 18.0 Å². The summed E-state index contributed by atoms with van der Waals surface area (Å²) in [5.41, 5.74) is 0. The van der Waals surface area contributed by atoms with Crippen molar-refractivity contribution < 1.29 is 19.4 Å². The highest BCUT2D eigenvalue weighted by atomic mass is 16.5. The van der Waals surface area contributed by atoms with E-state index in [4.69, 9.17) is 9.84 Å². The van der Waals surface area contributed by atoms with Gasteiger partial charge < -0.3 is 20.1 Å². The first kappa shape index (κ1) is 16.2. The van der Waals surface area contributed by atoms with Crippen molar-refractivity contribution in [1.82, 2.24) is 10.2 Å². The summed E-state index contributed by atoms with van der Waals surface area (Å²) in [4.78, 5) is 24.2. The van der Waals surface area contributed by atoms with E-state index in [0.717, 1.165) is 0 Å². The molecular weight excluding hydrogens is 236 g/mol. The lowest BCUT2D eigenvalue weighted by atomic mass is 10.2. The van der Waals surface area contributed by atoms with Crippen LogP contribution < -0.4 is 5.32 Å². The highest BCUT2D eigenvalue weighted by molar-refractivity contribution is 5.82. The van der Waals surface area contributed by atoms with Crippen molar-refractivity contribution >= 4 is 12.0 Å². The first-order valence-corrected chi connectivity index (χ1v) is 5.55. The van der Waals surface area contributed by atoms with Crippen molar-refractivity contribution in [3.05, 3.63) is 25.3 Å². The fourth-order valence-corrected chi connectivity index (χ4v) is 1.29. The number of ether oxygens (including phenoxy) is 1. The van der Waals surface area contributed by atoms with E-state index >= 15 is 0 Å². The molecule has 6 nitrogen and oxygen atoms in total. The molecule has 1 atom stereocenters. The average molecular weight is 256 g/mol. The van der Waals surface area contributed by atoms with Gasteiger partial charge in [-0.1, -0.05) is 12.2 Å². The zero-order valence-corrected chi connectivity index (χ0v) is 10.6. The average Bonchev–Trinajstić information content (AvgIpc) is 2.33. The van der Waals surface area contributed by atoms with E-state index in [1.807, 2.05) is 0 Å². The largest absolute Gasteiger partial charge is 0.480 e. The molecule has 0 rings (SSSR count). The fraction of sp³-hybridized carbons (Fsp3) is 0.500. The number of hydrogen-bond donors (Lipinski definition) is 2. The van der Waals surface area contributed by atoms with Crippen LogP contribution in [0.1, 0.15) is 6.42 Å². The van der Waals surface area contributed by atoms with Gasteiger partial charge in [0.05, 0.1) is 0 Å². The Balaban J connectivity index is 4.48. The summed E-state index contributed by atoms with van der Waals surface area (Å²) in [5.74, 6) is -1.09. The predicted octanol–water partition coefficient (Wildman–Crippen LogP) is 0.860.